The number of nitriles is 1. The highest BCUT2D eigenvalue weighted by atomic mass is 15.1. The fourth-order valence-corrected chi connectivity index (χ4v) is 2.05. The Labute approximate surface area is 105 Å². The molecule has 0 fully saturated rings. The molecule has 2 nitrogen and oxygen atoms in total. The third-order valence-electron chi connectivity index (χ3n) is 3.22. The Hall–Kier alpha value is -1.33. The molecule has 0 aromatic heterocycles. The van der Waals surface area contributed by atoms with Crippen LogP contribution in [0.15, 0.2) is 30.3 Å². The van der Waals surface area contributed by atoms with Crippen molar-refractivity contribution in [2.45, 2.75) is 32.6 Å². The molecular formula is C15H22N2. The monoisotopic (exact) mass is 230 g/mol. The van der Waals surface area contributed by atoms with Crippen molar-refractivity contribution in [2.75, 3.05) is 19.6 Å². The van der Waals surface area contributed by atoms with Gasteiger partial charge in [-0.05, 0) is 38.0 Å². The summed E-state index contributed by atoms with van der Waals surface area (Å²) in [6.07, 6.45) is 2.05. The topological polar surface area (TPSA) is 27.0 Å². The first kappa shape index (κ1) is 13.7. The zero-order chi connectivity index (χ0) is 12.5. The molecule has 0 heterocycles. The third kappa shape index (κ3) is 4.58. The van der Waals surface area contributed by atoms with Crippen LogP contribution >= 0.6 is 0 Å². The number of hydrogen-bond donors (Lipinski definition) is 0. The average molecular weight is 230 g/mol. The van der Waals surface area contributed by atoms with Crippen LogP contribution in [0, 0.1) is 11.3 Å². The van der Waals surface area contributed by atoms with E-state index in [9.17, 15) is 5.26 Å². The number of benzene rings is 1. The first-order valence-corrected chi connectivity index (χ1v) is 6.48. The van der Waals surface area contributed by atoms with Crippen LogP contribution in [0.4, 0.5) is 0 Å². The summed E-state index contributed by atoms with van der Waals surface area (Å²) in [7, 11) is 0. The van der Waals surface area contributed by atoms with Crippen molar-refractivity contribution in [2.24, 2.45) is 0 Å². The van der Waals surface area contributed by atoms with Crippen molar-refractivity contribution < 1.29 is 0 Å². The van der Waals surface area contributed by atoms with Gasteiger partial charge in [0.25, 0.3) is 0 Å². The fourth-order valence-electron chi connectivity index (χ4n) is 2.05. The van der Waals surface area contributed by atoms with Crippen LogP contribution in [-0.2, 0) is 0 Å². The van der Waals surface area contributed by atoms with Gasteiger partial charge in [-0.15, -0.1) is 0 Å². The summed E-state index contributed by atoms with van der Waals surface area (Å²) in [5, 5.41) is 9.20. The molecule has 0 N–H and O–H groups in total. The Morgan fingerprint density at radius 2 is 1.82 bits per heavy atom. The minimum absolute atomic E-state index is 0.0479. The van der Waals surface area contributed by atoms with Gasteiger partial charge in [0.1, 0.15) is 0 Å². The lowest BCUT2D eigenvalue weighted by atomic mass is 9.96. The number of hydrogen-bond acceptors (Lipinski definition) is 2. The Morgan fingerprint density at radius 3 is 2.35 bits per heavy atom. The smallest absolute Gasteiger partial charge is 0.0713 e. The SMILES string of the molecule is CCN(CC)CCCC(C#N)c1ccccc1. The van der Waals surface area contributed by atoms with E-state index in [1.807, 2.05) is 30.3 Å². The van der Waals surface area contributed by atoms with Crippen molar-refractivity contribution >= 4 is 0 Å². The summed E-state index contributed by atoms with van der Waals surface area (Å²) < 4.78 is 0. The second kappa shape index (κ2) is 7.86. The minimum Gasteiger partial charge on any atom is -0.304 e. The van der Waals surface area contributed by atoms with Gasteiger partial charge >= 0.3 is 0 Å². The molecule has 0 radical (unpaired) electrons. The molecule has 17 heavy (non-hydrogen) atoms. The highest BCUT2D eigenvalue weighted by Gasteiger charge is 2.10. The van der Waals surface area contributed by atoms with E-state index in [-0.39, 0.29) is 5.92 Å². The van der Waals surface area contributed by atoms with E-state index in [1.165, 1.54) is 0 Å². The lowest BCUT2D eigenvalue weighted by Crippen LogP contribution is -2.24. The Balaban J connectivity index is 2.42. The molecule has 1 rings (SSSR count). The maximum Gasteiger partial charge on any atom is 0.0713 e. The second-order valence-electron chi connectivity index (χ2n) is 4.26. The summed E-state index contributed by atoms with van der Waals surface area (Å²) in [6, 6.07) is 12.5. The summed E-state index contributed by atoms with van der Waals surface area (Å²) in [4.78, 5) is 2.40. The van der Waals surface area contributed by atoms with Crippen molar-refractivity contribution in [3.8, 4) is 6.07 Å². The molecule has 0 aliphatic heterocycles. The molecule has 0 saturated carbocycles. The summed E-state index contributed by atoms with van der Waals surface area (Å²) in [6.45, 7) is 7.65. The van der Waals surface area contributed by atoms with E-state index < -0.39 is 0 Å². The van der Waals surface area contributed by atoms with Crippen LogP contribution < -0.4 is 0 Å². The van der Waals surface area contributed by atoms with Gasteiger partial charge in [-0.25, -0.2) is 0 Å². The molecule has 0 saturated heterocycles. The van der Waals surface area contributed by atoms with Crippen molar-refractivity contribution in [3.63, 3.8) is 0 Å². The van der Waals surface area contributed by atoms with Gasteiger partial charge in [0.05, 0.1) is 12.0 Å². The molecule has 0 aliphatic carbocycles. The molecule has 0 aliphatic rings. The number of rotatable bonds is 7. The van der Waals surface area contributed by atoms with Crippen molar-refractivity contribution in [1.82, 2.24) is 4.90 Å². The first-order chi connectivity index (χ1) is 8.31. The quantitative estimate of drug-likeness (QED) is 0.717. The van der Waals surface area contributed by atoms with Crippen molar-refractivity contribution in [3.05, 3.63) is 35.9 Å². The third-order valence-corrected chi connectivity index (χ3v) is 3.22. The zero-order valence-electron chi connectivity index (χ0n) is 10.9. The largest absolute Gasteiger partial charge is 0.304 e. The minimum atomic E-state index is 0.0479. The predicted molar refractivity (Wildman–Crippen MR) is 71.8 cm³/mol. The molecule has 1 atom stereocenters. The number of nitrogens with zero attached hydrogens (tertiary/aromatic N) is 2. The molecule has 1 aromatic carbocycles. The van der Waals surface area contributed by atoms with E-state index in [2.05, 4.69) is 24.8 Å². The zero-order valence-corrected chi connectivity index (χ0v) is 10.9. The molecule has 0 amide bonds. The standard InChI is InChI=1S/C15H22N2/c1-3-17(4-2)12-8-11-15(13-16)14-9-6-5-7-10-14/h5-7,9-10,15H,3-4,8,11-12H2,1-2H3. The van der Waals surface area contributed by atoms with Crippen LogP contribution in [0.5, 0.6) is 0 Å². The van der Waals surface area contributed by atoms with Crippen LogP contribution in [0.25, 0.3) is 0 Å². The average Bonchev–Trinajstić information content (AvgIpc) is 2.40. The molecular weight excluding hydrogens is 208 g/mol. The van der Waals surface area contributed by atoms with Gasteiger partial charge < -0.3 is 4.90 Å². The van der Waals surface area contributed by atoms with Crippen LogP contribution in [0.3, 0.4) is 0 Å². The van der Waals surface area contributed by atoms with Gasteiger partial charge in [-0.3, -0.25) is 0 Å². The second-order valence-corrected chi connectivity index (χ2v) is 4.26. The fraction of sp³-hybridized carbons (Fsp3) is 0.533. The van der Waals surface area contributed by atoms with Gasteiger partial charge in [-0.2, -0.15) is 5.26 Å². The molecule has 2 heteroatoms. The lowest BCUT2D eigenvalue weighted by molar-refractivity contribution is 0.295. The van der Waals surface area contributed by atoms with E-state index in [0.29, 0.717) is 0 Å². The summed E-state index contributed by atoms with van der Waals surface area (Å²) >= 11 is 0. The lowest BCUT2D eigenvalue weighted by Gasteiger charge is -2.18. The predicted octanol–water partition coefficient (Wildman–Crippen LogP) is 3.42. The molecule has 0 bridgehead atoms. The van der Waals surface area contributed by atoms with Gasteiger partial charge in [-0.1, -0.05) is 44.2 Å². The highest BCUT2D eigenvalue weighted by molar-refractivity contribution is 5.24. The maximum atomic E-state index is 9.20. The van der Waals surface area contributed by atoms with Crippen LogP contribution in [0.1, 0.15) is 38.2 Å². The van der Waals surface area contributed by atoms with Crippen LogP contribution in [-0.4, -0.2) is 24.5 Å². The van der Waals surface area contributed by atoms with E-state index in [0.717, 1.165) is 38.0 Å². The van der Waals surface area contributed by atoms with E-state index in [4.69, 9.17) is 0 Å². The normalized spacial score (nSPS) is 12.4. The maximum absolute atomic E-state index is 9.20. The molecule has 1 aromatic rings. The van der Waals surface area contributed by atoms with Gasteiger partial charge in [0.15, 0.2) is 0 Å². The Bertz CT molecular complexity index is 336. The van der Waals surface area contributed by atoms with E-state index >= 15 is 0 Å². The first-order valence-electron chi connectivity index (χ1n) is 6.48. The Morgan fingerprint density at radius 1 is 1.18 bits per heavy atom. The molecule has 0 spiro atoms. The van der Waals surface area contributed by atoms with Gasteiger partial charge in [0, 0.05) is 0 Å². The van der Waals surface area contributed by atoms with Crippen LogP contribution in [0.2, 0.25) is 0 Å². The highest BCUT2D eigenvalue weighted by Crippen LogP contribution is 2.20. The van der Waals surface area contributed by atoms with E-state index in [1.54, 1.807) is 0 Å². The summed E-state index contributed by atoms with van der Waals surface area (Å²) in [5.74, 6) is 0.0479. The van der Waals surface area contributed by atoms with Crippen molar-refractivity contribution in [1.29, 1.82) is 5.26 Å². The molecule has 92 valence electrons. The summed E-state index contributed by atoms with van der Waals surface area (Å²) in [5.41, 5.74) is 1.15. The van der Waals surface area contributed by atoms with Gasteiger partial charge in [0.2, 0.25) is 0 Å². The Kier molecular flexibility index (Phi) is 6.35. The molecule has 1 unspecified atom stereocenters.